The zero-order valence-corrected chi connectivity index (χ0v) is 20.2. The van der Waals surface area contributed by atoms with Crippen molar-refractivity contribution in [2.24, 2.45) is 5.14 Å². The second kappa shape index (κ2) is 10.4. The molecule has 0 aliphatic heterocycles. The highest BCUT2D eigenvalue weighted by Gasteiger charge is 2.21. The zero-order valence-electron chi connectivity index (χ0n) is 18.6. The first-order chi connectivity index (χ1) is 14.9. The number of primary sulfonamides is 1. The van der Waals surface area contributed by atoms with Gasteiger partial charge in [0, 0.05) is 26.2 Å². The standard InChI is InChI=1S/C22H29N3O5S2/c1-5-25(6-2)32(29,30)20-13-10-18(11-14-20)12-15-22(26)24(4)17(3)19-8-7-9-21(16-19)31(23,27)28/h7-17H,5-6H2,1-4H3,(H2,23,27,28)/b15-12+. The molecule has 0 bridgehead atoms. The third-order valence-electron chi connectivity index (χ3n) is 5.24. The summed E-state index contributed by atoms with van der Waals surface area (Å²) in [6, 6.07) is 12.1. The Morgan fingerprint density at radius 3 is 2.12 bits per heavy atom. The number of carbonyl (C=O) groups excluding carboxylic acids is 1. The quantitative estimate of drug-likeness (QED) is 0.555. The van der Waals surface area contributed by atoms with Crippen LogP contribution in [0.4, 0.5) is 0 Å². The number of rotatable bonds is 9. The van der Waals surface area contributed by atoms with Gasteiger partial charge in [-0.1, -0.05) is 38.1 Å². The average molecular weight is 480 g/mol. The molecule has 174 valence electrons. The molecule has 10 heteroatoms. The molecule has 0 aliphatic carbocycles. The van der Waals surface area contributed by atoms with Crippen molar-refractivity contribution < 1.29 is 21.6 Å². The van der Waals surface area contributed by atoms with Gasteiger partial charge in [0.15, 0.2) is 0 Å². The fourth-order valence-corrected chi connectivity index (χ4v) is 5.14. The molecule has 0 aromatic heterocycles. The lowest BCUT2D eigenvalue weighted by molar-refractivity contribution is -0.126. The lowest BCUT2D eigenvalue weighted by Gasteiger charge is -2.24. The number of hydrogen-bond donors (Lipinski definition) is 1. The molecule has 0 saturated heterocycles. The van der Waals surface area contributed by atoms with Crippen LogP contribution in [0.5, 0.6) is 0 Å². The second-order valence-corrected chi connectivity index (χ2v) is 10.7. The molecule has 0 fully saturated rings. The Kier molecular flexibility index (Phi) is 8.35. The Labute approximate surface area is 190 Å². The number of hydrogen-bond acceptors (Lipinski definition) is 5. The van der Waals surface area contributed by atoms with Gasteiger partial charge in [-0.15, -0.1) is 0 Å². The number of nitrogens with zero attached hydrogens (tertiary/aromatic N) is 2. The van der Waals surface area contributed by atoms with Crippen LogP contribution < -0.4 is 5.14 Å². The Balaban J connectivity index is 2.14. The van der Waals surface area contributed by atoms with Crippen molar-refractivity contribution in [3.8, 4) is 0 Å². The molecule has 0 spiro atoms. The predicted molar refractivity (Wildman–Crippen MR) is 125 cm³/mol. The smallest absolute Gasteiger partial charge is 0.246 e. The minimum absolute atomic E-state index is 0.0157. The second-order valence-electron chi connectivity index (χ2n) is 7.23. The molecular weight excluding hydrogens is 450 g/mol. The number of benzene rings is 2. The molecule has 1 unspecified atom stereocenters. The van der Waals surface area contributed by atoms with Gasteiger partial charge in [-0.25, -0.2) is 22.0 Å². The summed E-state index contributed by atoms with van der Waals surface area (Å²) >= 11 is 0. The number of nitrogens with two attached hydrogens (primary N) is 1. The van der Waals surface area contributed by atoms with Gasteiger partial charge in [-0.2, -0.15) is 4.31 Å². The van der Waals surface area contributed by atoms with E-state index in [1.54, 1.807) is 58.2 Å². The fraction of sp³-hybridized carbons (Fsp3) is 0.318. The van der Waals surface area contributed by atoms with E-state index in [1.165, 1.54) is 39.5 Å². The van der Waals surface area contributed by atoms with Crippen molar-refractivity contribution in [1.82, 2.24) is 9.21 Å². The van der Waals surface area contributed by atoms with E-state index in [4.69, 9.17) is 5.14 Å². The van der Waals surface area contributed by atoms with Gasteiger partial charge in [0.05, 0.1) is 15.8 Å². The predicted octanol–water partition coefficient (Wildman–Crippen LogP) is 2.60. The third kappa shape index (κ3) is 6.04. The molecule has 32 heavy (non-hydrogen) atoms. The van der Waals surface area contributed by atoms with Gasteiger partial charge in [-0.05, 0) is 48.4 Å². The maximum atomic E-state index is 12.6. The first-order valence-corrected chi connectivity index (χ1v) is 13.1. The lowest BCUT2D eigenvalue weighted by atomic mass is 10.1. The van der Waals surface area contributed by atoms with Gasteiger partial charge in [0.1, 0.15) is 0 Å². The molecule has 2 aromatic rings. The zero-order chi connectivity index (χ0) is 24.1. The first kappa shape index (κ1) is 25.7. The van der Waals surface area contributed by atoms with Crippen LogP contribution in [0.15, 0.2) is 64.4 Å². The minimum atomic E-state index is -3.84. The van der Waals surface area contributed by atoms with Crippen LogP contribution in [0.25, 0.3) is 6.08 Å². The molecule has 2 N–H and O–H groups in total. The highest BCUT2D eigenvalue weighted by atomic mass is 32.2. The largest absolute Gasteiger partial charge is 0.335 e. The topological polar surface area (TPSA) is 118 Å². The molecule has 0 heterocycles. The number of sulfonamides is 2. The van der Waals surface area contributed by atoms with Crippen molar-refractivity contribution in [2.75, 3.05) is 20.1 Å². The van der Waals surface area contributed by atoms with Crippen molar-refractivity contribution in [1.29, 1.82) is 0 Å². The van der Waals surface area contributed by atoms with E-state index >= 15 is 0 Å². The Hall–Kier alpha value is -2.53. The molecule has 0 saturated carbocycles. The van der Waals surface area contributed by atoms with Crippen LogP contribution in [0.3, 0.4) is 0 Å². The normalized spacial score (nSPS) is 13.4. The van der Waals surface area contributed by atoms with Crippen LogP contribution in [-0.4, -0.2) is 52.1 Å². The van der Waals surface area contributed by atoms with E-state index in [9.17, 15) is 21.6 Å². The van der Waals surface area contributed by atoms with Crippen LogP contribution in [0.2, 0.25) is 0 Å². The van der Waals surface area contributed by atoms with Crippen molar-refractivity contribution in [3.63, 3.8) is 0 Å². The highest BCUT2D eigenvalue weighted by Crippen LogP contribution is 2.22. The number of likely N-dealkylation sites (N-methyl/N-ethyl adjacent to an activating group) is 1. The maximum Gasteiger partial charge on any atom is 0.246 e. The van der Waals surface area contributed by atoms with Crippen LogP contribution in [0.1, 0.15) is 37.9 Å². The Morgan fingerprint density at radius 1 is 1.00 bits per heavy atom. The van der Waals surface area contributed by atoms with Crippen molar-refractivity contribution >= 4 is 32.0 Å². The van der Waals surface area contributed by atoms with E-state index < -0.39 is 26.1 Å². The molecule has 1 amide bonds. The average Bonchev–Trinajstić information content (AvgIpc) is 2.76. The van der Waals surface area contributed by atoms with Gasteiger partial charge in [-0.3, -0.25) is 4.79 Å². The summed E-state index contributed by atoms with van der Waals surface area (Å²) in [4.78, 5) is 14.3. The maximum absolute atomic E-state index is 12.6. The van der Waals surface area contributed by atoms with E-state index in [0.29, 0.717) is 24.2 Å². The number of carbonyl (C=O) groups is 1. The summed E-state index contributed by atoms with van der Waals surface area (Å²) in [7, 11) is -5.76. The number of amides is 1. The van der Waals surface area contributed by atoms with E-state index in [2.05, 4.69) is 0 Å². The van der Waals surface area contributed by atoms with Gasteiger partial charge in [0.25, 0.3) is 0 Å². The Bertz CT molecular complexity index is 1190. The molecule has 2 aromatic carbocycles. The fourth-order valence-electron chi connectivity index (χ4n) is 3.11. The summed E-state index contributed by atoms with van der Waals surface area (Å²) in [5.41, 5.74) is 1.31. The van der Waals surface area contributed by atoms with Crippen molar-refractivity contribution in [3.05, 3.63) is 65.7 Å². The lowest BCUT2D eigenvalue weighted by Crippen LogP contribution is -2.30. The molecule has 8 nitrogen and oxygen atoms in total. The SMILES string of the molecule is CCN(CC)S(=O)(=O)c1ccc(/C=C/C(=O)N(C)C(C)c2cccc(S(N)(=O)=O)c2)cc1. The Morgan fingerprint density at radius 2 is 1.59 bits per heavy atom. The van der Waals surface area contributed by atoms with Crippen LogP contribution in [-0.2, 0) is 24.8 Å². The van der Waals surface area contributed by atoms with Gasteiger partial charge in [0.2, 0.25) is 26.0 Å². The van der Waals surface area contributed by atoms with Crippen LogP contribution >= 0.6 is 0 Å². The molecular formula is C22H29N3O5S2. The molecule has 0 aliphatic rings. The summed E-state index contributed by atoms with van der Waals surface area (Å²) in [6.07, 6.45) is 2.98. The minimum Gasteiger partial charge on any atom is -0.335 e. The summed E-state index contributed by atoms with van der Waals surface area (Å²) in [5.74, 6) is -0.293. The van der Waals surface area contributed by atoms with Gasteiger partial charge < -0.3 is 4.90 Å². The molecule has 1 atom stereocenters. The van der Waals surface area contributed by atoms with E-state index in [1.807, 2.05) is 0 Å². The van der Waals surface area contributed by atoms with E-state index in [-0.39, 0.29) is 15.7 Å². The summed E-state index contributed by atoms with van der Waals surface area (Å²) in [6.45, 7) is 6.12. The summed E-state index contributed by atoms with van der Waals surface area (Å²) < 4.78 is 49.6. The highest BCUT2D eigenvalue weighted by molar-refractivity contribution is 7.89. The molecule has 0 radical (unpaired) electrons. The van der Waals surface area contributed by atoms with Gasteiger partial charge >= 0.3 is 0 Å². The first-order valence-electron chi connectivity index (χ1n) is 10.1. The summed E-state index contributed by atoms with van der Waals surface area (Å²) in [5, 5.41) is 5.18. The third-order valence-corrected chi connectivity index (χ3v) is 8.21. The molecule has 2 rings (SSSR count). The van der Waals surface area contributed by atoms with E-state index in [0.717, 1.165) is 0 Å². The van der Waals surface area contributed by atoms with Crippen LogP contribution in [0, 0.1) is 0 Å². The monoisotopic (exact) mass is 479 g/mol. The van der Waals surface area contributed by atoms with Crippen molar-refractivity contribution in [2.45, 2.75) is 36.6 Å².